The van der Waals surface area contributed by atoms with Crippen LogP contribution in [0.3, 0.4) is 0 Å². The lowest BCUT2D eigenvalue weighted by Gasteiger charge is -2.31. The second-order valence-corrected chi connectivity index (χ2v) is 4.07. The topological polar surface area (TPSA) is 29.5 Å². The molecule has 0 aromatic heterocycles. The summed E-state index contributed by atoms with van der Waals surface area (Å²) in [5.41, 5.74) is 0.335. The highest BCUT2D eigenvalue weighted by molar-refractivity contribution is 6.51. The van der Waals surface area contributed by atoms with Crippen LogP contribution >= 0.6 is 0 Å². The smallest absolute Gasteiger partial charge is 0.423 e. The molecule has 3 heteroatoms. The molecule has 0 aromatic carbocycles. The van der Waals surface area contributed by atoms with Crippen LogP contribution in [-0.4, -0.2) is 17.7 Å². The minimum absolute atomic E-state index is 0.307. The van der Waals surface area contributed by atoms with E-state index in [4.69, 9.17) is 4.65 Å². The first-order valence-electron chi connectivity index (χ1n) is 4.28. The van der Waals surface area contributed by atoms with Crippen LogP contribution in [0.5, 0.6) is 0 Å². The van der Waals surface area contributed by atoms with Gasteiger partial charge in [-0.3, -0.25) is 0 Å². The van der Waals surface area contributed by atoms with Gasteiger partial charge in [0.15, 0.2) is 0 Å². The Labute approximate surface area is 75.8 Å². The molecule has 0 saturated carbocycles. The Morgan fingerprint density at radius 2 is 1.92 bits per heavy atom. The second-order valence-electron chi connectivity index (χ2n) is 4.07. The summed E-state index contributed by atoms with van der Waals surface area (Å²) in [5.74, 6) is 0.367. The lowest BCUT2D eigenvalue weighted by atomic mass is 9.79. The maximum absolute atomic E-state index is 9.39. The lowest BCUT2D eigenvalue weighted by Crippen LogP contribution is -2.38. The third-order valence-corrected chi connectivity index (χ3v) is 2.23. The van der Waals surface area contributed by atoms with E-state index in [0.29, 0.717) is 11.4 Å². The highest BCUT2D eigenvalue weighted by Crippen LogP contribution is 2.21. The van der Waals surface area contributed by atoms with Crippen LogP contribution in [0.25, 0.3) is 0 Å². The predicted molar refractivity (Wildman–Crippen MR) is 52.8 cm³/mol. The fourth-order valence-corrected chi connectivity index (χ4v) is 0.524. The van der Waals surface area contributed by atoms with Gasteiger partial charge in [0.25, 0.3) is 0 Å². The Hall–Kier alpha value is -0.275. The fourth-order valence-electron chi connectivity index (χ4n) is 0.524. The monoisotopic (exact) mass is 170 g/mol. The van der Waals surface area contributed by atoms with Gasteiger partial charge in [-0.15, -0.1) is 6.58 Å². The van der Waals surface area contributed by atoms with Gasteiger partial charge in [-0.2, -0.15) is 0 Å². The average molecular weight is 170 g/mol. The Kier molecular flexibility index (Phi) is 4.01. The Morgan fingerprint density at radius 1 is 1.50 bits per heavy atom. The normalized spacial score (nSPS) is 11.9. The van der Waals surface area contributed by atoms with Crippen LogP contribution in [-0.2, 0) is 4.65 Å². The molecule has 1 N–H and O–H groups in total. The van der Waals surface area contributed by atoms with Crippen molar-refractivity contribution >= 4 is 7.12 Å². The predicted octanol–water partition coefficient (Wildman–Crippen LogP) is 2.03. The van der Waals surface area contributed by atoms with E-state index in [0.717, 1.165) is 0 Å². The van der Waals surface area contributed by atoms with Crippen LogP contribution in [0.15, 0.2) is 12.1 Å². The Balaban J connectivity index is 4.15. The Morgan fingerprint density at radius 3 is 2.17 bits per heavy atom. The van der Waals surface area contributed by atoms with E-state index in [1.54, 1.807) is 6.92 Å². The van der Waals surface area contributed by atoms with E-state index in [1.165, 1.54) is 0 Å². The third kappa shape index (κ3) is 3.41. The van der Waals surface area contributed by atoms with Gasteiger partial charge in [0.05, 0.1) is 5.60 Å². The molecule has 2 nitrogen and oxygen atoms in total. The lowest BCUT2D eigenvalue weighted by molar-refractivity contribution is 0.0408. The van der Waals surface area contributed by atoms with Crippen molar-refractivity contribution in [2.24, 2.45) is 5.92 Å². The van der Waals surface area contributed by atoms with Gasteiger partial charge in [0.2, 0.25) is 0 Å². The van der Waals surface area contributed by atoms with Crippen LogP contribution in [0.2, 0.25) is 0 Å². The molecule has 0 aliphatic carbocycles. The minimum atomic E-state index is -0.845. The van der Waals surface area contributed by atoms with Gasteiger partial charge in [0.1, 0.15) is 0 Å². The van der Waals surface area contributed by atoms with Crippen LogP contribution in [0.4, 0.5) is 0 Å². The molecule has 0 bridgehead atoms. The quantitative estimate of drug-likeness (QED) is 0.654. The van der Waals surface area contributed by atoms with Crippen molar-refractivity contribution in [2.75, 3.05) is 0 Å². The van der Waals surface area contributed by atoms with Crippen molar-refractivity contribution in [2.45, 2.75) is 40.2 Å². The molecular weight excluding hydrogens is 151 g/mol. The van der Waals surface area contributed by atoms with Crippen molar-refractivity contribution in [1.82, 2.24) is 0 Å². The molecular formula is C9H19BO2. The summed E-state index contributed by atoms with van der Waals surface area (Å²) >= 11 is 0. The molecule has 0 radical (unpaired) electrons. The van der Waals surface area contributed by atoms with Crippen LogP contribution < -0.4 is 0 Å². The zero-order chi connectivity index (χ0) is 9.94. The zero-order valence-corrected chi connectivity index (χ0v) is 8.72. The van der Waals surface area contributed by atoms with E-state index in [2.05, 4.69) is 20.4 Å². The largest absolute Gasteiger partial charge is 0.486 e. The fraction of sp³-hybridized carbons (Fsp3) is 0.778. The van der Waals surface area contributed by atoms with E-state index in [-0.39, 0.29) is 5.60 Å². The van der Waals surface area contributed by atoms with Crippen molar-refractivity contribution in [1.29, 1.82) is 0 Å². The van der Waals surface area contributed by atoms with E-state index in [9.17, 15) is 5.02 Å². The molecule has 12 heavy (non-hydrogen) atoms. The summed E-state index contributed by atoms with van der Waals surface area (Å²) in [6.07, 6.45) is 0. The average Bonchev–Trinajstić information content (AvgIpc) is 1.85. The SMILES string of the molecule is C=C(C)B(O)OC(C)(C)C(C)C. The van der Waals surface area contributed by atoms with Crippen molar-refractivity contribution in [3.8, 4) is 0 Å². The van der Waals surface area contributed by atoms with Crippen molar-refractivity contribution < 1.29 is 9.68 Å². The molecule has 0 atom stereocenters. The zero-order valence-electron chi connectivity index (χ0n) is 8.72. The molecule has 0 rings (SSSR count). The maximum Gasteiger partial charge on any atom is 0.486 e. The van der Waals surface area contributed by atoms with E-state index < -0.39 is 7.12 Å². The minimum Gasteiger partial charge on any atom is -0.423 e. The molecule has 0 spiro atoms. The summed E-state index contributed by atoms with van der Waals surface area (Å²) in [7, 11) is -0.845. The number of hydrogen-bond donors (Lipinski definition) is 1. The van der Waals surface area contributed by atoms with Gasteiger partial charge in [-0.1, -0.05) is 19.3 Å². The number of rotatable bonds is 4. The van der Waals surface area contributed by atoms with Gasteiger partial charge >= 0.3 is 7.12 Å². The number of hydrogen-bond acceptors (Lipinski definition) is 2. The van der Waals surface area contributed by atoms with Crippen LogP contribution in [0.1, 0.15) is 34.6 Å². The summed E-state index contributed by atoms with van der Waals surface area (Å²) in [4.78, 5) is 0. The molecule has 0 saturated heterocycles. The van der Waals surface area contributed by atoms with Crippen molar-refractivity contribution in [3.63, 3.8) is 0 Å². The molecule has 0 amide bonds. The van der Waals surface area contributed by atoms with Gasteiger partial charge < -0.3 is 9.68 Å². The molecule has 0 aliphatic heterocycles. The first kappa shape index (κ1) is 11.7. The first-order valence-corrected chi connectivity index (χ1v) is 4.28. The number of allylic oxidation sites excluding steroid dienone is 1. The Bertz CT molecular complexity index is 164. The summed E-state index contributed by atoms with van der Waals surface area (Å²) in [5, 5.41) is 9.39. The third-order valence-electron chi connectivity index (χ3n) is 2.23. The molecule has 0 aliphatic rings. The first-order chi connectivity index (χ1) is 5.27. The van der Waals surface area contributed by atoms with E-state index >= 15 is 0 Å². The summed E-state index contributed by atoms with van der Waals surface area (Å²) in [6.45, 7) is 13.4. The van der Waals surface area contributed by atoms with Gasteiger partial charge in [-0.05, 0) is 26.7 Å². The molecule has 0 aromatic rings. The molecule has 0 unspecified atom stereocenters. The van der Waals surface area contributed by atoms with E-state index in [1.807, 2.05) is 13.8 Å². The van der Waals surface area contributed by atoms with Gasteiger partial charge in [-0.25, -0.2) is 0 Å². The standard InChI is InChI=1S/C9H19BO2/c1-7(2)9(5,6)12-10(11)8(3)4/h7,11H,3H2,1-2,4-6H3. The maximum atomic E-state index is 9.39. The molecule has 70 valence electrons. The van der Waals surface area contributed by atoms with Crippen LogP contribution in [0, 0.1) is 5.92 Å². The second kappa shape index (κ2) is 4.10. The highest BCUT2D eigenvalue weighted by Gasteiger charge is 2.29. The van der Waals surface area contributed by atoms with Gasteiger partial charge in [0, 0.05) is 0 Å². The summed E-state index contributed by atoms with van der Waals surface area (Å²) < 4.78 is 5.42. The molecule has 0 fully saturated rings. The molecule has 0 heterocycles. The highest BCUT2D eigenvalue weighted by atomic mass is 16.5. The van der Waals surface area contributed by atoms with Crippen molar-refractivity contribution in [3.05, 3.63) is 12.1 Å². The summed E-state index contributed by atoms with van der Waals surface area (Å²) in [6, 6.07) is 0.